The number of rotatable bonds is 4. The molecule has 1 aliphatic rings. The monoisotopic (exact) mass is 391 g/mol. The molecule has 3 rings (SSSR count). The van der Waals surface area contributed by atoms with E-state index < -0.39 is 6.10 Å². The lowest BCUT2D eigenvalue weighted by Gasteiger charge is -2.29. The van der Waals surface area contributed by atoms with Gasteiger partial charge < -0.3 is 19.1 Å². The molecule has 24 heavy (non-hydrogen) atoms. The van der Waals surface area contributed by atoms with Gasteiger partial charge in [-0.15, -0.1) is 0 Å². The highest BCUT2D eigenvalue weighted by Gasteiger charge is 2.29. The predicted octanol–water partition coefficient (Wildman–Crippen LogP) is 3.26. The van der Waals surface area contributed by atoms with Crippen LogP contribution in [0.5, 0.6) is 17.2 Å². The number of para-hydroxylation sites is 2. The van der Waals surface area contributed by atoms with Gasteiger partial charge >= 0.3 is 0 Å². The number of hydrogen-bond donors (Lipinski definition) is 0. The minimum Gasteiger partial charge on any atom is -0.496 e. The molecule has 0 aliphatic carbocycles. The summed E-state index contributed by atoms with van der Waals surface area (Å²) < 4.78 is 17.7. The highest BCUT2D eigenvalue weighted by Crippen LogP contribution is 2.31. The van der Waals surface area contributed by atoms with E-state index in [4.69, 9.17) is 14.2 Å². The molecule has 1 atom stereocenters. The van der Waals surface area contributed by atoms with Gasteiger partial charge in [0.2, 0.25) is 6.10 Å². The number of fused-ring (bicyclic) bond motifs is 1. The molecule has 1 unspecified atom stereocenters. The van der Waals surface area contributed by atoms with Gasteiger partial charge in [0.25, 0.3) is 5.91 Å². The molecule has 0 saturated carbocycles. The summed E-state index contributed by atoms with van der Waals surface area (Å²) in [4.78, 5) is 14.3. The van der Waals surface area contributed by atoms with Crippen molar-refractivity contribution >= 4 is 21.8 Å². The number of amides is 1. The van der Waals surface area contributed by atoms with E-state index in [2.05, 4.69) is 15.9 Å². The molecule has 5 nitrogen and oxygen atoms in total. The Morgan fingerprint density at radius 1 is 1.29 bits per heavy atom. The third-order valence-electron chi connectivity index (χ3n) is 3.81. The van der Waals surface area contributed by atoms with Gasteiger partial charge in [0.1, 0.15) is 12.4 Å². The Morgan fingerprint density at radius 3 is 2.79 bits per heavy atom. The van der Waals surface area contributed by atoms with Crippen molar-refractivity contribution in [1.29, 1.82) is 0 Å². The summed E-state index contributed by atoms with van der Waals surface area (Å²) in [5, 5.41) is 0. The number of ether oxygens (including phenoxy) is 3. The highest BCUT2D eigenvalue weighted by atomic mass is 79.9. The second kappa shape index (κ2) is 7.13. The predicted molar refractivity (Wildman–Crippen MR) is 93.5 cm³/mol. The Kier molecular flexibility index (Phi) is 4.94. The quantitative estimate of drug-likeness (QED) is 0.802. The van der Waals surface area contributed by atoms with Gasteiger partial charge in [0.05, 0.1) is 7.11 Å². The van der Waals surface area contributed by atoms with Crippen LogP contribution in [0.3, 0.4) is 0 Å². The summed E-state index contributed by atoms with van der Waals surface area (Å²) in [6.07, 6.45) is -0.650. The number of halogens is 1. The smallest absolute Gasteiger partial charge is 0.267 e. The van der Waals surface area contributed by atoms with Crippen LogP contribution in [0, 0.1) is 0 Å². The summed E-state index contributed by atoms with van der Waals surface area (Å²) in [7, 11) is 3.36. The lowest BCUT2D eigenvalue weighted by Crippen LogP contribution is -2.44. The second-order valence-electron chi connectivity index (χ2n) is 5.51. The first-order valence-electron chi connectivity index (χ1n) is 7.54. The maximum Gasteiger partial charge on any atom is 0.267 e. The van der Waals surface area contributed by atoms with Gasteiger partial charge in [-0.3, -0.25) is 4.79 Å². The van der Waals surface area contributed by atoms with E-state index in [1.165, 1.54) is 0 Å². The minimum absolute atomic E-state index is 0.133. The largest absolute Gasteiger partial charge is 0.496 e. The molecular weight excluding hydrogens is 374 g/mol. The normalized spacial score (nSPS) is 15.7. The van der Waals surface area contributed by atoms with Crippen LogP contribution in [0.2, 0.25) is 0 Å². The topological polar surface area (TPSA) is 48.0 Å². The molecule has 2 aromatic carbocycles. The fraction of sp³-hybridized carbons (Fsp3) is 0.278. The zero-order valence-corrected chi connectivity index (χ0v) is 15.1. The van der Waals surface area contributed by atoms with E-state index >= 15 is 0 Å². The van der Waals surface area contributed by atoms with Crippen molar-refractivity contribution in [2.75, 3.05) is 20.8 Å². The first kappa shape index (κ1) is 16.6. The summed E-state index contributed by atoms with van der Waals surface area (Å²) >= 11 is 3.44. The molecule has 0 N–H and O–H groups in total. The number of carbonyl (C=O) groups excluding carboxylic acids is 1. The summed E-state index contributed by atoms with van der Waals surface area (Å²) in [6, 6.07) is 13.1. The van der Waals surface area contributed by atoms with Crippen LogP contribution in [-0.4, -0.2) is 37.7 Å². The Labute approximate surface area is 149 Å². The van der Waals surface area contributed by atoms with Crippen molar-refractivity contribution in [3.05, 3.63) is 52.5 Å². The van der Waals surface area contributed by atoms with Gasteiger partial charge in [0.15, 0.2) is 11.5 Å². The molecule has 1 aliphatic heterocycles. The van der Waals surface area contributed by atoms with Gasteiger partial charge in [-0.05, 0) is 30.3 Å². The average Bonchev–Trinajstić information content (AvgIpc) is 2.61. The minimum atomic E-state index is -0.650. The third-order valence-corrected chi connectivity index (χ3v) is 4.30. The van der Waals surface area contributed by atoms with Crippen molar-refractivity contribution in [1.82, 2.24) is 4.90 Å². The van der Waals surface area contributed by atoms with Crippen LogP contribution in [0.1, 0.15) is 5.56 Å². The highest BCUT2D eigenvalue weighted by molar-refractivity contribution is 9.10. The second-order valence-corrected chi connectivity index (χ2v) is 6.43. The molecule has 0 aromatic heterocycles. The van der Waals surface area contributed by atoms with E-state index in [-0.39, 0.29) is 12.5 Å². The molecule has 0 spiro atoms. The number of methoxy groups -OCH3 is 1. The Morgan fingerprint density at radius 2 is 2.04 bits per heavy atom. The number of benzene rings is 2. The molecule has 0 fully saturated rings. The molecule has 1 amide bonds. The molecule has 6 heteroatoms. The van der Waals surface area contributed by atoms with Crippen LogP contribution in [-0.2, 0) is 11.3 Å². The van der Waals surface area contributed by atoms with Gasteiger partial charge in [-0.1, -0.05) is 28.1 Å². The number of hydrogen-bond acceptors (Lipinski definition) is 4. The van der Waals surface area contributed by atoms with Crippen molar-refractivity contribution in [2.24, 2.45) is 0 Å². The van der Waals surface area contributed by atoms with Gasteiger partial charge in [-0.2, -0.15) is 0 Å². The fourth-order valence-electron chi connectivity index (χ4n) is 2.59. The summed E-state index contributed by atoms with van der Waals surface area (Å²) in [5.41, 5.74) is 0.917. The van der Waals surface area contributed by atoms with Crippen molar-refractivity contribution in [3.63, 3.8) is 0 Å². The van der Waals surface area contributed by atoms with Crippen LogP contribution >= 0.6 is 15.9 Å². The lowest BCUT2D eigenvalue weighted by molar-refractivity contribution is -0.140. The van der Waals surface area contributed by atoms with Crippen LogP contribution < -0.4 is 14.2 Å². The molecule has 0 radical (unpaired) electrons. The van der Waals surface area contributed by atoms with Gasteiger partial charge in [0, 0.05) is 23.6 Å². The Balaban J connectivity index is 1.71. The van der Waals surface area contributed by atoms with E-state index in [9.17, 15) is 4.79 Å². The molecule has 0 bridgehead atoms. The van der Waals surface area contributed by atoms with Crippen molar-refractivity contribution < 1.29 is 19.0 Å². The zero-order valence-electron chi connectivity index (χ0n) is 13.5. The molecule has 0 saturated heterocycles. The van der Waals surface area contributed by atoms with Crippen LogP contribution in [0.15, 0.2) is 46.9 Å². The SMILES string of the molecule is COc1ccc(Br)cc1CN(C)C(=O)C1COc2ccccc2O1. The molecule has 1 heterocycles. The maximum absolute atomic E-state index is 12.7. The molecule has 126 valence electrons. The average molecular weight is 392 g/mol. The van der Waals surface area contributed by atoms with E-state index in [0.717, 1.165) is 15.8 Å². The van der Waals surface area contributed by atoms with Crippen LogP contribution in [0.4, 0.5) is 0 Å². The number of likely N-dealkylation sites (N-methyl/N-ethyl adjacent to an activating group) is 1. The maximum atomic E-state index is 12.7. The fourth-order valence-corrected chi connectivity index (χ4v) is 3.00. The standard InChI is InChI=1S/C18H18BrNO4/c1-20(10-12-9-13(19)7-8-14(12)22-2)18(21)17-11-23-15-5-3-4-6-16(15)24-17/h3-9,17H,10-11H2,1-2H3. The summed E-state index contributed by atoms with van der Waals surface area (Å²) in [6.45, 7) is 0.624. The summed E-state index contributed by atoms with van der Waals surface area (Å²) in [5.74, 6) is 1.86. The van der Waals surface area contributed by atoms with Crippen molar-refractivity contribution in [2.45, 2.75) is 12.6 Å². The lowest BCUT2D eigenvalue weighted by atomic mass is 10.1. The zero-order chi connectivity index (χ0) is 17.1. The molecular formula is C18H18BrNO4. The first-order valence-corrected chi connectivity index (χ1v) is 8.33. The first-order chi connectivity index (χ1) is 11.6. The Bertz CT molecular complexity index is 750. The van der Waals surface area contributed by atoms with Crippen molar-refractivity contribution in [3.8, 4) is 17.2 Å². The number of nitrogens with zero attached hydrogens (tertiary/aromatic N) is 1. The Hall–Kier alpha value is -2.21. The molecule has 2 aromatic rings. The number of carbonyl (C=O) groups is 1. The third kappa shape index (κ3) is 3.48. The van der Waals surface area contributed by atoms with E-state index in [0.29, 0.717) is 18.0 Å². The van der Waals surface area contributed by atoms with E-state index in [1.54, 1.807) is 25.1 Å². The van der Waals surface area contributed by atoms with Crippen LogP contribution in [0.25, 0.3) is 0 Å². The van der Waals surface area contributed by atoms with E-state index in [1.807, 2.05) is 36.4 Å². The van der Waals surface area contributed by atoms with Gasteiger partial charge in [-0.25, -0.2) is 0 Å².